The van der Waals surface area contributed by atoms with Crippen molar-refractivity contribution in [2.45, 2.75) is 12.3 Å². The molecule has 1 N–H and O–H groups in total. The van der Waals surface area contributed by atoms with Crippen molar-refractivity contribution in [3.8, 4) is 0 Å². The fraction of sp³-hybridized carbons (Fsp3) is 0.316. The Kier molecular flexibility index (Phi) is 5.64. The molecule has 1 saturated heterocycles. The number of aliphatic hydroxyl groups excluding tert-OH is 1. The summed E-state index contributed by atoms with van der Waals surface area (Å²) < 4.78 is 38.2. The SMILES string of the molecule is C=CC(=O)N1CCN(c2nccnc2[C@@H](O)c2ccc(C(F)(F)F)cc2)CC1. The van der Waals surface area contributed by atoms with Crippen LogP contribution in [0.15, 0.2) is 49.3 Å². The van der Waals surface area contributed by atoms with E-state index in [0.29, 0.717) is 32.0 Å². The Morgan fingerprint density at radius 3 is 2.29 bits per heavy atom. The summed E-state index contributed by atoms with van der Waals surface area (Å²) in [6.07, 6.45) is -1.50. The van der Waals surface area contributed by atoms with E-state index >= 15 is 0 Å². The number of aliphatic hydroxyl groups is 1. The van der Waals surface area contributed by atoms with E-state index in [0.717, 1.165) is 12.1 Å². The molecule has 28 heavy (non-hydrogen) atoms. The minimum Gasteiger partial charge on any atom is -0.382 e. The summed E-state index contributed by atoms with van der Waals surface area (Å²) in [5, 5.41) is 10.7. The highest BCUT2D eigenvalue weighted by Crippen LogP contribution is 2.32. The third-order valence-corrected chi connectivity index (χ3v) is 4.58. The molecule has 1 aliphatic rings. The van der Waals surface area contributed by atoms with E-state index in [2.05, 4.69) is 16.5 Å². The van der Waals surface area contributed by atoms with Gasteiger partial charge in [-0.05, 0) is 23.8 Å². The predicted octanol–water partition coefficient (Wildman–Crippen LogP) is 2.41. The molecule has 148 valence electrons. The van der Waals surface area contributed by atoms with E-state index in [1.165, 1.54) is 30.6 Å². The number of halogens is 3. The van der Waals surface area contributed by atoms with Gasteiger partial charge in [0.15, 0.2) is 5.82 Å². The van der Waals surface area contributed by atoms with Crippen molar-refractivity contribution in [1.29, 1.82) is 0 Å². The van der Waals surface area contributed by atoms with Gasteiger partial charge in [0.25, 0.3) is 0 Å². The minimum atomic E-state index is -4.44. The number of benzene rings is 1. The van der Waals surface area contributed by atoms with Gasteiger partial charge in [0.05, 0.1) is 5.56 Å². The lowest BCUT2D eigenvalue weighted by Gasteiger charge is -2.35. The van der Waals surface area contributed by atoms with Crippen molar-refractivity contribution < 1.29 is 23.1 Å². The minimum absolute atomic E-state index is 0.149. The number of anilines is 1. The first-order valence-electron chi connectivity index (χ1n) is 8.63. The van der Waals surface area contributed by atoms with Gasteiger partial charge < -0.3 is 14.9 Å². The van der Waals surface area contributed by atoms with Crippen LogP contribution < -0.4 is 4.90 Å². The molecule has 1 aromatic carbocycles. The Morgan fingerprint density at radius 2 is 1.71 bits per heavy atom. The average Bonchev–Trinajstić information content (AvgIpc) is 2.72. The largest absolute Gasteiger partial charge is 0.416 e. The maximum atomic E-state index is 12.7. The number of rotatable bonds is 4. The molecule has 0 aliphatic carbocycles. The smallest absolute Gasteiger partial charge is 0.382 e. The Balaban J connectivity index is 1.80. The molecule has 0 radical (unpaired) electrons. The highest BCUT2D eigenvalue weighted by Gasteiger charge is 2.31. The van der Waals surface area contributed by atoms with Gasteiger partial charge in [0.2, 0.25) is 5.91 Å². The normalized spacial score (nSPS) is 16.0. The number of hydrogen-bond acceptors (Lipinski definition) is 5. The summed E-state index contributed by atoms with van der Waals surface area (Å²) in [6.45, 7) is 5.40. The average molecular weight is 392 g/mol. The fourth-order valence-electron chi connectivity index (χ4n) is 3.06. The zero-order chi connectivity index (χ0) is 20.3. The van der Waals surface area contributed by atoms with Crippen LogP contribution in [0, 0.1) is 0 Å². The third kappa shape index (κ3) is 4.14. The van der Waals surface area contributed by atoms with Crippen LogP contribution >= 0.6 is 0 Å². The molecule has 2 heterocycles. The lowest BCUT2D eigenvalue weighted by Crippen LogP contribution is -2.49. The van der Waals surface area contributed by atoms with Crippen molar-refractivity contribution in [2.24, 2.45) is 0 Å². The Labute approximate surface area is 159 Å². The number of hydrogen-bond donors (Lipinski definition) is 1. The van der Waals surface area contributed by atoms with Gasteiger partial charge in [-0.1, -0.05) is 18.7 Å². The summed E-state index contributed by atoms with van der Waals surface area (Å²) in [6, 6.07) is 4.31. The van der Waals surface area contributed by atoms with Gasteiger partial charge in [0.1, 0.15) is 11.8 Å². The zero-order valence-electron chi connectivity index (χ0n) is 14.9. The van der Waals surface area contributed by atoms with E-state index in [1.807, 2.05) is 4.90 Å². The number of nitrogens with zero attached hydrogens (tertiary/aromatic N) is 4. The van der Waals surface area contributed by atoms with Gasteiger partial charge >= 0.3 is 6.18 Å². The highest BCUT2D eigenvalue weighted by atomic mass is 19.4. The first kappa shape index (κ1) is 19.8. The van der Waals surface area contributed by atoms with Crippen LogP contribution in [0.5, 0.6) is 0 Å². The van der Waals surface area contributed by atoms with E-state index in [9.17, 15) is 23.1 Å². The second-order valence-corrected chi connectivity index (χ2v) is 6.30. The van der Waals surface area contributed by atoms with Crippen molar-refractivity contribution in [3.05, 3.63) is 66.1 Å². The molecule has 0 spiro atoms. The lowest BCUT2D eigenvalue weighted by atomic mass is 10.0. The van der Waals surface area contributed by atoms with Crippen molar-refractivity contribution in [1.82, 2.24) is 14.9 Å². The standard InChI is InChI=1S/C19H19F3N4O2/c1-2-15(27)25-9-11-26(12-10-25)18-16(23-7-8-24-18)17(28)13-3-5-14(6-4-13)19(20,21)22/h2-8,17,28H,1,9-12H2/t17-/m0/s1. The summed E-state index contributed by atoms with van der Waals surface area (Å²) in [5.74, 6) is 0.296. The highest BCUT2D eigenvalue weighted by molar-refractivity contribution is 5.87. The molecule has 0 unspecified atom stereocenters. The Bertz CT molecular complexity index is 847. The van der Waals surface area contributed by atoms with E-state index in [-0.39, 0.29) is 17.2 Å². The quantitative estimate of drug-likeness (QED) is 0.810. The summed E-state index contributed by atoms with van der Waals surface area (Å²) >= 11 is 0. The van der Waals surface area contributed by atoms with Crippen LogP contribution in [0.1, 0.15) is 22.9 Å². The van der Waals surface area contributed by atoms with Crippen LogP contribution in [0.2, 0.25) is 0 Å². The molecule has 0 bridgehead atoms. The maximum Gasteiger partial charge on any atom is 0.416 e. The molecular formula is C19H19F3N4O2. The Morgan fingerprint density at radius 1 is 1.11 bits per heavy atom. The number of alkyl halides is 3. The van der Waals surface area contributed by atoms with Crippen LogP contribution in [0.3, 0.4) is 0 Å². The van der Waals surface area contributed by atoms with Gasteiger partial charge in [0, 0.05) is 38.6 Å². The van der Waals surface area contributed by atoms with Gasteiger partial charge in [-0.3, -0.25) is 9.78 Å². The molecule has 6 nitrogen and oxygen atoms in total. The number of carbonyl (C=O) groups is 1. The van der Waals surface area contributed by atoms with Crippen LogP contribution in [-0.2, 0) is 11.0 Å². The van der Waals surface area contributed by atoms with Crippen LogP contribution in [0.4, 0.5) is 19.0 Å². The fourth-order valence-corrected chi connectivity index (χ4v) is 3.06. The molecule has 2 aromatic rings. The van der Waals surface area contributed by atoms with Gasteiger partial charge in [-0.15, -0.1) is 0 Å². The topological polar surface area (TPSA) is 69.6 Å². The van der Waals surface area contributed by atoms with Crippen molar-refractivity contribution in [2.75, 3.05) is 31.1 Å². The maximum absolute atomic E-state index is 12.7. The second-order valence-electron chi connectivity index (χ2n) is 6.30. The summed E-state index contributed by atoms with van der Waals surface area (Å²) in [4.78, 5) is 23.8. The first-order valence-corrected chi connectivity index (χ1v) is 8.63. The number of carbonyl (C=O) groups excluding carboxylic acids is 1. The molecule has 1 atom stereocenters. The van der Waals surface area contributed by atoms with E-state index < -0.39 is 17.8 Å². The molecule has 1 aliphatic heterocycles. The first-order chi connectivity index (χ1) is 13.3. The van der Waals surface area contributed by atoms with Gasteiger partial charge in [-0.2, -0.15) is 13.2 Å². The zero-order valence-corrected chi connectivity index (χ0v) is 14.9. The van der Waals surface area contributed by atoms with Crippen molar-refractivity contribution in [3.63, 3.8) is 0 Å². The lowest BCUT2D eigenvalue weighted by molar-refractivity contribution is -0.137. The monoisotopic (exact) mass is 392 g/mol. The third-order valence-electron chi connectivity index (χ3n) is 4.58. The van der Waals surface area contributed by atoms with E-state index in [1.54, 1.807) is 4.90 Å². The number of amides is 1. The van der Waals surface area contributed by atoms with Crippen LogP contribution in [-0.4, -0.2) is 52.1 Å². The molecular weight excluding hydrogens is 373 g/mol. The Hall–Kier alpha value is -2.94. The predicted molar refractivity (Wildman–Crippen MR) is 96.5 cm³/mol. The molecule has 9 heteroatoms. The number of piperazine rings is 1. The molecule has 0 saturated carbocycles. The molecule has 3 rings (SSSR count). The van der Waals surface area contributed by atoms with Crippen molar-refractivity contribution >= 4 is 11.7 Å². The summed E-state index contributed by atoms with van der Waals surface area (Å²) in [5.41, 5.74) is -0.244. The number of aromatic nitrogens is 2. The summed E-state index contributed by atoms with van der Waals surface area (Å²) in [7, 11) is 0. The molecule has 1 amide bonds. The second kappa shape index (κ2) is 7.97. The van der Waals surface area contributed by atoms with Gasteiger partial charge in [-0.25, -0.2) is 4.98 Å². The molecule has 1 fully saturated rings. The molecule has 1 aromatic heterocycles. The van der Waals surface area contributed by atoms with Crippen LogP contribution in [0.25, 0.3) is 0 Å². The van der Waals surface area contributed by atoms with E-state index in [4.69, 9.17) is 0 Å².